The minimum Gasteiger partial charge on any atom is -0.325 e. The van der Waals surface area contributed by atoms with Crippen LogP contribution in [0.5, 0.6) is 0 Å². The van der Waals surface area contributed by atoms with Crippen molar-refractivity contribution in [3.8, 4) is 17.2 Å². The summed E-state index contributed by atoms with van der Waals surface area (Å²) in [6, 6.07) is 15.8. The lowest BCUT2D eigenvalue weighted by molar-refractivity contribution is -0.115. The highest BCUT2D eigenvalue weighted by atomic mass is 16.1. The second-order valence-electron chi connectivity index (χ2n) is 4.84. The average Bonchev–Trinajstić information content (AvgIpc) is 2.38. The van der Waals surface area contributed by atoms with Crippen molar-refractivity contribution in [3.63, 3.8) is 0 Å². The van der Waals surface area contributed by atoms with Crippen LogP contribution < -0.4 is 5.32 Å². The van der Waals surface area contributed by atoms with Gasteiger partial charge in [-0.25, -0.2) is 0 Å². The molecule has 0 saturated carbocycles. The zero-order valence-electron chi connectivity index (χ0n) is 11.6. The molecule has 0 radical (unpaired) electrons. The largest absolute Gasteiger partial charge is 0.325 e. The molecule has 1 N–H and O–H groups in total. The number of nitriles is 1. The van der Waals surface area contributed by atoms with Crippen molar-refractivity contribution in [2.75, 3.05) is 5.32 Å². The summed E-state index contributed by atoms with van der Waals surface area (Å²) in [6.45, 7) is 4.13. The quantitative estimate of drug-likeness (QED) is 0.916. The normalized spacial score (nSPS) is 9.85. The minimum atomic E-state index is -0.287. The lowest BCUT2D eigenvalue weighted by Gasteiger charge is -2.08. The molecular formula is C17H16N2O. The molecule has 3 heteroatoms. The first kappa shape index (κ1) is 13.8. The smallest absolute Gasteiger partial charge is 0.238 e. The summed E-state index contributed by atoms with van der Waals surface area (Å²) in [5, 5.41) is 11.2. The van der Waals surface area contributed by atoms with Crippen LogP contribution in [0.2, 0.25) is 0 Å². The maximum atomic E-state index is 11.4. The lowest BCUT2D eigenvalue weighted by Crippen LogP contribution is -2.09. The number of nitrogens with zero attached hydrogens (tertiary/aromatic N) is 1. The van der Waals surface area contributed by atoms with Crippen molar-refractivity contribution in [2.45, 2.75) is 20.3 Å². The lowest BCUT2D eigenvalue weighted by atomic mass is 10.0. The maximum Gasteiger partial charge on any atom is 0.238 e. The van der Waals surface area contributed by atoms with E-state index in [1.807, 2.05) is 30.3 Å². The molecular weight excluding hydrogens is 248 g/mol. The number of anilines is 1. The van der Waals surface area contributed by atoms with Gasteiger partial charge in [-0.2, -0.15) is 5.26 Å². The number of carbonyl (C=O) groups is 1. The van der Waals surface area contributed by atoms with Crippen LogP contribution >= 0.6 is 0 Å². The Labute approximate surface area is 118 Å². The molecule has 1 amide bonds. The van der Waals surface area contributed by atoms with Gasteiger partial charge in [-0.1, -0.05) is 41.5 Å². The third kappa shape index (κ3) is 3.46. The van der Waals surface area contributed by atoms with Crippen molar-refractivity contribution < 1.29 is 4.79 Å². The van der Waals surface area contributed by atoms with Gasteiger partial charge in [0, 0.05) is 5.69 Å². The third-order valence-corrected chi connectivity index (χ3v) is 2.94. The van der Waals surface area contributed by atoms with Crippen LogP contribution in [0.4, 0.5) is 5.69 Å². The summed E-state index contributed by atoms with van der Waals surface area (Å²) in [5.74, 6) is -0.287. The molecule has 0 aliphatic rings. The third-order valence-electron chi connectivity index (χ3n) is 2.94. The number of amides is 1. The molecule has 3 nitrogen and oxygen atoms in total. The summed E-state index contributed by atoms with van der Waals surface area (Å²) in [6.07, 6.45) is -0.131. The molecule has 0 spiro atoms. The monoisotopic (exact) mass is 264 g/mol. The Morgan fingerprint density at radius 3 is 2.45 bits per heavy atom. The summed E-state index contributed by atoms with van der Waals surface area (Å²) in [7, 11) is 0. The standard InChI is InChI=1S/C17H16N2O/c1-12-8-13(2)10-15(9-12)14-4-3-5-16(11-14)19-17(20)6-7-18/h3-5,8-11H,6H2,1-2H3,(H,19,20). The molecule has 0 fully saturated rings. The van der Waals surface area contributed by atoms with Gasteiger partial charge < -0.3 is 5.32 Å². The molecule has 2 rings (SSSR count). The fourth-order valence-electron chi connectivity index (χ4n) is 2.19. The fourth-order valence-corrected chi connectivity index (χ4v) is 2.19. The second-order valence-corrected chi connectivity index (χ2v) is 4.84. The maximum absolute atomic E-state index is 11.4. The molecule has 100 valence electrons. The topological polar surface area (TPSA) is 52.9 Å². The first-order valence-corrected chi connectivity index (χ1v) is 6.44. The van der Waals surface area contributed by atoms with Gasteiger partial charge in [0.25, 0.3) is 0 Å². The molecule has 0 saturated heterocycles. The molecule has 2 aromatic carbocycles. The second kappa shape index (κ2) is 6.03. The number of carbonyl (C=O) groups excluding carboxylic acids is 1. The predicted octanol–water partition coefficient (Wildman–Crippen LogP) is 3.82. The Bertz CT molecular complexity index is 663. The zero-order chi connectivity index (χ0) is 14.5. The molecule has 20 heavy (non-hydrogen) atoms. The summed E-state index contributed by atoms with van der Waals surface area (Å²) in [4.78, 5) is 11.4. The predicted molar refractivity (Wildman–Crippen MR) is 80.2 cm³/mol. The Morgan fingerprint density at radius 2 is 1.80 bits per heavy atom. The molecule has 0 heterocycles. The molecule has 2 aromatic rings. The van der Waals surface area contributed by atoms with Gasteiger partial charge >= 0.3 is 0 Å². The highest BCUT2D eigenvalue weighted by Gasteiger charge is 2.04. The highest BCUT2D eigenvalue weighted by molar-refractivity contribution is 5.92. The van der Waals surface area contributed by atoms with Crippen molar-refractivity contribution in [1.29, 1.82) is 5.26 Å². The van der Waals surface area contributed by atoms with Gasteiger partial charge in [0.15, 0.2) is 0 Å². The van der Waals surface area contributed by atoms with Gasteiger partial charge in [0.1, 0.15) is 6.42 Å². The van der Waals surface area contributed by atoms with E-state index in [4.69, 9.17) is 5.26 Å². The van der Waals surface area contributed by atoms with Crippen LogP contribution in [-0.2, 0) is 4.79 Å². The summed E-state index contributed by atoms with van der Waals surface area (Å²) in [5.41, 5.74) is 5.30. The molecule has 0 bridgehead atoms. The highest BCUT2D eigenvalue weighted by Crippen LogP contribution is 2.24. The first-order valence-electron chi connectivity index (χ1n) is 6.44. The van der Waals surface area contributed by atoms with Gasteiger partial charge in [0.2, 0.25) is 5.91 Å². The van der Waals surface area contributed by atoms with E-state index in [9.17, 15) is 4.79 Å². The number of aryl methyl sites for hydroxylation is 2. The molecule has 0 aliphatic carbocycles. The Kier molecular flexibility index (Phi) is 4.17. The van der Waals surface area contributed by atoms with Crippen molar-refractivity contribution in [2.24, 2.45) is 0 Å². The Balaban J connectivity index is 2.30. The van der Waals surface area contributed by atoms with Crippen LogP contribution in [0.25, 0.3) is 11.1 Å². The van der Waals surface area contributed by atoms with E-state index in [0.717, 1.165) is 11.1 Å². The summed E-state index contributed by atoms with van der Waals surface area (Å²) < 4.78 is 0. The first-order chi connectivity index (χ1) is 9.58. The van der Waals surface area contributed by atoms with Crippen molar-refractivity contribution >= 4 is 11.6 Å². The van der Waals surface area contributed by atoms with E-state index >= 15 is 0 Å². The fraction of sp³-hybridized carbons (Fsp3) is 0.176. The number of rotatable bonds is 3. The van der Waals surface area contributed by atoms with Crippen LogP contribution in [0.3, 0.4) is 0 Å². The molecule has 0 aliphatic heterocycles. The SMILES string of the molecule is Cc1cc(C)cc(-c2cccc(NC(=O)CC#N)c2)c1. The number of nitrogens with one attached hydrogen (secondary N) is 1. The number of benzene rings is 2. The van der Waals surface area contributed by atoms with Gasteiger partial charge in [-0.3, -0.25) is 4.79 Å². The zero-order valence-corrected chi connectivity index (χ0v) is 11.6. The molecule has 0 unspecified atom stereocenters. The van der Waals surface area contributed by atoms with Crippen LogP contribution in [-0.4, -0.2) is 5.91 Å². The van der Waals surface area contributed by atoms with E-state index in [2.05, 4.69) is 37.4 Å². The minimum absolute atomic E-state index is 0.131. The Morgan fingerprint density at radius 1 is 1.10 bits per heavy atom. The Hall–Kier alpha value is -2.60. The van der Waals surface area contributed by atoms with Gasteiger partial charge in [-0.05, 0) is 37.1 Å². The van der Waals surface area contributed by atoms with E-state index < -0.39 is 0 Å². The van der Waals surface area contributed by atoms with E-state index in [1.165, 1.54) is 11.1 Å². The van der Waals surface area contributed by atoms with Crippen LogP contribution in [0.1, 0.15) is 17.5 Å². The van der Waals surface area contributed by atoms with Crippen molar-refractivity contribution in [1.82, 2.24) is 0 Å². The molecule has 0 aromatic heterocycles. The molecule has 0 atom stereocenters. The number of hydrogen-bond acceptors (Lipinski definition) is 2. The number of hydrogen-bond donors (Lipinski definition) is 1. The van der Waals surface area contributed by atoms with Gasteiger partial charge in [0.05, 0.1) is 6.07 Å². The summed E-state index contributed by atoms with van der Waals surface area (Å²) >= 11 is 0. The van der Waals surface area contributed by atoms with E-state index in [-0.39, 0.29) is 12.3 Å². The van der Waals surface area contributed by atoms with Crippen molar-refractivity contribution in [3.05, 3.63) is 53.6 Å². The average molecular weight is 264 g/mol. The van der Waals surface area contributed by atoms with Crippen LogP contribution in [0, 0.1) is 25.2 Å². The van der Waals surface area contributed by atoms with Gasteiger partial charge in [-0.15, -0.1) is 0 Å². The van der Waals surface area contributed by atoms with E-state index in [0.29, 0.717) is 5.69 Å². The van der Waals surface area contributed by atoms with Crippen LogP contribution in [0.15, 0.2) is 42.5 Å². The van der Waals surface area contributed by atoms with E-state index in [1.54, 1.807) is 0 Å².